The van der Waals surface area contributed by atoms with Crippen LogP contribution in [-0.4, -0.2) is 28.1 Å². The molecule has 3 nitrogen and oxygen atoms in total. The fourth-order valence-electron chi connectivity index (χ4n) is 2.18. The summed E-state index contributed by atoms with van der Waals surface area (Å²) in [6.07, 6.45) is -2.03. The first kappa shape index (κ1) is 13.4. The lowest BCUT2D eigenvalue weighted by atomic mass is 10.2. The van der Waals surface area contributed by atoms with Crippen LogP contribution in [0.2, 0.25) is 0 Å². The lowest BCUT2D eigenvalue weighted by Crippen LogP contribution is -2.20. The van der Waals surface area contributed by atoms with E-state index in [9.17, 15) is 13.2 Å². The van der Waals surface area contributed by atoms with Crippen LogP contribution in [0.3, 0.4) is 0 Å². The number of ether oxygens (including phenoxy) is 1. The molecule has 18 heavy (non-hydrogen) atoms. The molecule has 3 unspecified atom stereocenters. The van der Waals surface area contributed by atoms with Gasteiger partial charge in [0.1, 0.15) is 0 Å². The Morgan fingerprint density at radius 1 is 1.50 bits per heavy atom. The average Bonchev–Trinajstić information content (AvgIpc) is 2.86. The second-order valence-corrected chi connectivity index (χ2v) is 4.73. The third-order valence-electron chi connectivity index (χ3n) is 3.13. The zero-order valence-electron chi connectivity index (χ0n) is 10.0. The monoisotopic (exact) mass is 263 g/mol. The van der Waals surface area contributed by atoms with Crippen molar-refractivity contribution in [1.29, 1.82) is 0 Å². The normalized spacial score (nSPS) is 26.5. The minimum absolute atomic E-state index is 0.0447. The molecule has 1 aliphatic heterocycles. The standard InChI is InChI=1S/C12H16F3NO2/c1-8-2-3-10(18-8)7-16-5-4-9(6-16)11(17)12(13,14)15/h4-6,8,10-11,17H,2-3,7H2,1H3. The maximum Gasteiger partial charge on any atom is 0.418 e. The summed E-state index contributed by atoms with van der Waals surface area (Å²) in [7, 11) is 0. The van der Waals surface area contributed by atoms with Crippen LogP contribution in [0, 0.1) is 0 Å². The maximum absolute atomic E-state index is 12.3. The van der Waals surface area contributed by atoms with Crippen molar-refractivity contribution >= 4 is 0 Å². The van der Waals surface area contributed by atoms with E-state index in [1.165, 1.54) is 18.5 Å². The number of alkyl halides is 3. The topological polar surface area (TPSA) is 34.4 Å². The zero-order valence-corrected chi connectivity index (χ0v) is 10.0. The second-order valence-electron chi connectivity index (χ2n) is 4.73. The van der Waals surface area contributed by atoms with Crippen molar-refractivity contribution in [2.24, 2.45) is 0 Å². The third-order valence-corrected chi connectivity index (χ3v) is 3.13. The quantitative estimate of drug-likeness (QED) is 0.909. The molecule has 6 heteroatoms. The van der Waals surface area contributed by atoms with Crippen LogP contribution >= 0.6 is 0 Å². The van der Waals surface area contributed by atoms with Crippen LogP contribution in [-0.2, 0) is 11.3 Å². The second kappa shape index (κ2) is 4.93. The number of hydrogen-bond acceptors (Lipinski definition) is 2. The number of aliphatic hydroxyl groups is 1. The van der Waals surface area contributed by atoms with Gasteiger partial charge < -0.3 is 14.4 Å². The summed E-state index contributed by atoms with van der Waals surface area (Å²) in [5, 5.41) is 9.10. The van der Waals surface area contributed by atoms with Crippen molar-refractivity contribution in [2.75, 3.05) is 0 Å². The Hall–Kier alpha value is -1.01. The van der Waals surface area contributed by atoms with E-state index >= 15 is 0 Å². The molecule has 0 radical (unpaired) electrons. The summed E-state index contributed by atoms with van der Waals surface area (Å²) in [5.74, 6) is 0. The largest absolute Gasteiger partial charge is 0.418 e. The van der Waals surface area contributed by atoms with E-state index in [1.54, 1.807) is 4.57 Å². The van der Waals surface area contributed by atoms with E-state index < -0.39 is 12.3 Å². The van der Waals surface area contributed by atoms with Gasteiger partial charge in [-0.1, -0.05) is 0 Å². The lowest BCUT2D eigenvalue weighted by Gasteiger charge is -2.14. The van der Waals surface area contributed by atoms with Crippen LogP contribution < -0.4 is 0 Å². The Bertz CT molecular complexity index is 402. The lowest BCUT2D eigenvalue weighted by molar-refractivity contribution is -0.206. The molecule has 102 valence electrons. The molecule has 3 atom stereocenters. The Balaban J connectivity index is 1.98. The number of halogens is 3. The summed E-state index contributed by atoms with van der Waals surface area (Å²) < 4.78 is 44.2. The van der Waals surface area contributed by atoms with E-state index in [2.05, 4.69) is 0 Å². The molecule has 0 amide bonds. The molecule has 1 aromatic rings. The Morgan fingerprint density at radius 3 is 2.78 bits per heavy atom. The molecule has 2 heterocycles. The van der Waals surface area contributed by atoms with Gasteiger partial charge in [0.2, 0.25) is 0 Å². The number of hydrogen-bond donors (Lipinski definition) is 1. The molecule has 2 rings (SSSR count). The third kappa shape index (κ3) is 3.05. The molecule has 0 spiro atoms. The molecule has 1 aliphatic rings. The highest BCUT2D eigenvalue weighted by atomic mass is 19.4. The van der Waals surface area contributed by atoms with Gasteiger partial charge in [-0.15, -0.1) is 0 Å². The van der Waals surface area contributed by atoms with Gasteiger partial charge in [-0.3, -0.25) is 0 Å². The summed E-state index contributed by atoms with van der Waals surface area (Å²) in [5.41, 5.74) is -0.131. The Kier molecular flexibility index (Phi) is 3.68. The molecule has 1 N–H and O–H groups in total. The van der Waals surface area contributed by atoms with Crippen molar-refractivity contribution in [3.8, 4) is 0 Å². The van der Waals surface area contributed by atoms with Crippen molar-refractivity contribution in [1.82, 2.24) is 4.57 Å². The van der Waals surface area contributed by atoms with E-state index in [0.29, 0.717) is 6.54 Å². The van der Waals surface area contributed by atoms with Gasteiger partial charge in [-0.25, -0.2) is 0 Å². The van der Waals surface area contributed by atoms with Gasteiger partial charge in [0.15, 0.2) is 6.10 Å². The van der Waals surface area contributed by atoms with Crippen molar-refractivity contribution in [3.05, 3.63) is 24.0 Å². The zero-order chi connectivity index (χ0) is 13.3. The highest BCUT2D eigenvalue weighted by molar-refractivity contribution is 5.15. The van der Waals surface area contributed by atoms with Crippen molar-refractivity contribution in [3.63, 3.8) is 0 Å². The summed E-state index contributed by atoms with van der Waals surface area (Å²) in [6.45, 7) is 2.50. The fourth-order valence-corrected chi connectivity index (χ4v) is 2.18. The Labute approximate surface area is 103 Å². The predicted octanol–water partition coefficient (Wildman–Crippen LogP) is 2.65. The van der Waals surface area contributed by atoms with Crippen LogP contribution in [0.5, 0.6) is 0 Å². The molecule has 0 bridgehead atoms. The van der Waals surface area contributed by atoms with E-state index in [0.717, 1.165) is 12.8 Å². The van der Waals surface area contributed by atoms with Gasteiger partial charge in [-0.05, 0) is 25.8 Å². The summed E-state index contributed by atoms with van der Waals surface area (Å²) >= 11 is 0. The van der Waals surface area contributed by atoms with Gasteiger partial charge >= 0.3 is 6.18 Å². The van der Waals surface area contributed by atoms with Crippen LogP contribution in [0.25, 0.3) is 0 Å². The maximum atomic E-state index is 12.3. The van der Waals surface area contributed by atoms with Gasteiger partial charge in [0.25, 0.3) is 0 Å². The van der Waals surface area contributed by atoms with E-state index in [-0.39, 0.29) is 17.8 Å². The molecule has 0 aromatic carbocycles. The van der Waals surface area contributed by atoms with Crippen molar-refractivity contribution in [2.45, 2.75) is 50.8 Å². The Morgan fingerprint density at radius 2 is 2.22 bits per heavy atom. The number of nitrogens with zero attached hydrogens (tertiary/aromatic N) is 1. The molecule has 1 fully saturated rings. The first-order valence-electron chi connectivity index (χ1n) is 5.92. The van der Waals surface area contributed by atoms with Gasteiger partial charge in [-0.2, -0.15) is 13.2 Å². The van der Waals surface area contributed by atoms with Crippen LogP contribution in [0.15, 0.2) is 18.5 Å². The highest BCUT2D eigenvalue weighted by Gasteiger charge is 2.39. The smallest absolute Gasteiger partial charge is 0.379 e. The van der Waals surface area contributed by atoms with Crippen LogP contribution in [0.1, 0.15) is 31.4 Å². The predicted molar refractivity (Wildman–Crippen MR) is 59.0 cm³/mol. The minimum Gasteiger partial charge on any atom is -0.379 e. The number of aliphatic hydroxyl groups excluding tert-OH is 1. The number of rotatable bonds is 3. The molecular formula is C12H16F3NO2. The van der Waals surface area contributed by atoms with Crippen molar-refractivity contribution < 1.29 is 23.0 Å². The van der Waals surface area contributed by atoms with Gasteiger partial charge in [0, 0.05) is 24.5 Å². The molecule has 1 saturated heterocycles. The fraction of sp³-hybridized carbons (Fsp3) is 0.667. The molecule has 1 aromatic heterocycles. The van der Waals surface area contributed by atoms with E-state index in [4.69, 9.17) is 9.84 Å². The minimum atomic E-state index is -4.62. The van der Waals surface area contributed by atoms with Gasteiger partial charge in [0.05, 0.1) is 12.2 Å². The SMILES string of the molecule is CC1CCC(Cn2ccc(C(O)C(F)(F)F)c2)O1. The molecule has 0 aliphatic carbocycles. The first-order chi connectivity index (χ1) is 8.36. The molecule has 0 saturated carbocycles. The summed E-state index contributed by atoms with van der Waals surface area (Å²) in [4.78, 5) is 0. The number of aromatic nitrogens is 1. The van der Waals surface area contributed by atoms with E-state index in [1.807, 2.05) is 6.92 Å². The molecular weight excluding hydrogens is 247 g/mol. The summed E-state index contributed by atoms with van der Waals surface area (Å²) in [6, 6.07) is 1.29. The first-order valence-corrected chi connectivity index (χ1v) is 5.92. The average molecular weight is 263 g/mol. The van der Waals surface area contributed by atoms with Crippen LogP contribution in [0.4, 0.5) is 13.2 Å². The highest BCUT2D eigenvalue weighted by Crippen LogP contribution is 2.32.